The van der Waals surface area contributed by atoms with E-state index in [1.165, 1.54) is 28.1 Å². The van der Waals surface area contributed by atoms with E-state index >= 15 is 0 Å². The number of anilines is 1. The van der Waals surface area contributed by atoms with Crippen molar-refractivity contribution < 1.29 is 13.2 Å². The topological polar surface area (TPSA) is 42.9 Å². The lowest BCUT2D eigenvalue weighted by Crippen LogP contribution is -2.44. The van der Waals surface area contributed by atoms with E-state index in [4.69, 9.17) is 0 Å². The molecule has 0 aromatic heterocycles. The highest BCUT2D eigenvalue weighted by Gasteiger charge is 2.34. The molecule has 1 saturated heterocycles. The molecule has 150 valence electrons. The van der Waals surface area contributed by atoms with Gasteiger partial charge in [-0.15, -0.1) is 0 Å². The third kappa shape index (κ3) is 5.51. The summed E-state index contributed by atoms with van der Waals surface area (Å²) < 4.78 is 37.5. The van der Waals surface area contributed by atoms with Crippen molar-refractivity contribution in [3.05, 3.63) is 29.3 Å². The van der Waals surface area contributed by atoms with E-state index in [-0.39, 0.29) is 6.04 Å². The third-order valence-electron chi connectivity index (χ3n) is 5.19. The Labute approximate surface area is 158 Å². The molecule has 1 unspecified atom stereocenters. The summed E-state index contributed by atoms with van der Waals surface area (Å²) in [5.41, 5.74) is 3.84. The smallest absolute Gasteiger partial charge is 0.374 e. The number of hydrogen-bond acceptors (Lipinski definition) is 3. The van der Waals surface area contributed by atoms with E-state index < -0.39 is 12.7 Å². The lowest BCUT2D eigenvalue weighted by Gasteiger charge is -2.28. The third-order valence-corrected chi connectivity index (χ3v) is 5.19. The number of halogens is 3. The van der Waals surface area contributed by atoms with E-state index in [0.717, 1.165) is 13.0 Å². The van der Waals surface area contributed by atoms with Gasteiger partial charge in [0.15, 0.2) is 5.96 Å². The van der Waals surface area contributed by atoms with E-state index in [1.54, 1.807) is 7.05 Å². The second kappa shape index (κ2) is 8.37. The first-order valence-corrected chi connectivity index (χ1v) is 9.43. The fraction of sp³-hybridized carbons (Fsp3) is 0.632. The lowest BCUT2D eigenvalue weighted by molar-refractivity contribution is -0.143. The predicted octanol–water partition coefficient (Wildman–Crippen LogP) is 2.37. The summed E-state index contributed by atoms with van der Waals surface area (Å²) >= 11 is 0. The van der Waals surface area contributed by atoms with E-state index in [9.17, 15) is 13.2 Å². The Morgan fingerprint density at radius 2 is 2.11 bits per heavy atom. The van der Waals surface area contributed by atoms with Crippen LogP contribution in [-0.4, -0.2) is 63.4 Å². The molecule has 0 aliphatic carbocycles. The van der Waals surface area contributed by atoms with Gasteiger partial charge in [0.1, 0.15) is 0 Å². The average molecular weight is 383 g/mol. The number of rotatable bonds is 4. The van der Waals surface area contributed by atoms with Crippen molar-refractivity contribution >= 4 is 11.6 Å². The molecule has 27 heavy (non-hydrogen) atoms. The number of aryl methyl sites for hydroxylation is 1. The minimum atomic E-state index is -4.14. The highest BCUT2D eigenvalue weighted by atomic mass is 19.4. The zero-order valence-corrected chi connectivity index (χ0v) is 15.9. The standard InChI is InChI=1S/C19H28F3N5/c1-23-18(25-16-7-9-27(12-16)13-19(20,21)22)24-11-14-5-6-17-15(10-14)4-3-8-26(17)2/h5-6,10,16H,3-4,7-9,11-13H2,1-2H3,(H2,23,24,25). The van der Waals surface area contributed by atoms with Crippen LogP contribution >= 0.6 is 0 Å². The van der Waals surface area contributed by atoms with E-state index in [1.807, 2.05) is 0 Å². The van der Waals surface area contributed by atoms with Crippen molar-refractivity contribution in [2.24, 2.45) is 4.99 Å². The predicted molar refractivity (Wildman–Crippen MR) is 102 cm³/mol. The molecule has 3 rings (SSSR count). The van der Waals surface area contributed by atoms with Gasteiger partial charge < -0.3 is 15.5 Å². The number of nitrogens with one attached hydrogen (secondary N) is 2. The summed E-state index contributed by atoms with van der Waals surface area (Å²) in [6.07, 6.45) is -1.20. The molecule has 0 amide bonds. The van der Waals surface area contributed by atoms with Gasteiger partial charge in [0, 0.05) is 52.0 Å². The van der Waals surface area contributed by atoms with Crippen LogP contribution in [-0.2, 0) is 13.0 Å². The van der Waals surface area contributed by atoms with Crippen LogP contribution in [0.2, 0.25) is 0 Å². The number of guanidine groups is 1. The highest BCUT2D eigenvalue weighted by molar-refractivity contribution is 5.80. The van der Waals surface area contributed by atoms with Crippen LogP contribution in [0.15, 0.2) is 23.2 Å². The number of alkyl halides is 3. The maximum atomic E-state index is 12.5. The molecule has 0 saturated carbocycles. The minimum Gasteiger partial charge on any atom is -0.374 e. The Kier molecular flexibility index (Phi) is 6.14. The molecule has 2 aliphatic heterocycles. The van der Waals surface area contributed by atoms with Crippen molar-refractivity contribution in [2.75, 3.05) is 45.2 Å². The van der Waals surface area contributed by atoms with Gasteiger partial charge in [-0.3, -0.25) is 9.89 Å². The van der Waals surface area contributed by atoms with Gasteiger partial charge in [0.25, 0.3) is 0 Å². The van der Waals surface area contributed by atoms with Gasteiger partial charge in [0.05, 0.1) is 6.54 Å². The summed E-state index contributed by atoms with van der Waals surface area (Å²) in [5.74, 6) is 0.628. The summed E-state index contributed by atoms with van der Waals surface area (Å²) in [7, 11) is 3.80. The zero-order valence-electron chi connectivity index (χ0n) is 15.9. The van der Waals surface area contributed by atoms with Crippen LogP contribution in [0.4, 0.5) is 18.9 Å². The summed E-state index contributed by atoms with van der Waals surface area (Å²) in [4.78, 5) is 7.93. The van der Waals surface area contributed by atoms with Gasteiger partial charge in [-0.05, 0) is 36.5 Å². The zero-order chi connectivity index (χ0) is 19.4. The molecule has 2 N–H and O–H groups in total. The Hall–Kier alpha value is -1.96. The van der Waals surface area contributed by atoms with Crippen molar-refractivity contribution in [3.8, 4) is 0 Å². The highest BCUT2D eigenvalue weighted by Crippen LogP contribution is 2.26. The number of aliphatic imine (C=N–C) groups is 1. The second-order valence-electron chi connectivity index (χ2n) is 7.39. The Bertz CT molecular complexity index is 674. The van der Waals surface area contributed by atoms with Crippen LogP contribution < -0.4 is 15.5 Å². The molecule has 1 aromatic carbocycles. The maximum absolute atomic E-state index is 12.5. The van der Waals surface area contributed by atoms with Gasteiger partial charge in [-0.2, -0.15) is 13.2 Å². The molecule has 2 aliphatic rings. The van der Waals surface area contributed by atoms with Crippen LogP contribution in [0.1, 0.15) is 24.0 Å². The number of benzene rings is 1. The van der Waals surface area contributed by atoms with E-state index in [0.29, 0.717) is 32.0 Å². The fourth-order valence-corrected chi connectivity index (χ4v) is 3.87. The summed E-state index contributed by atoms with van der Waals surface area (Å²) in [6.45, 7) is 1.71. The first kappa shape index (κ1) is 19.8. The number of likely N-dealkylation sites (tertiary alicyclic amines) is 1. The quantitative estimate of drug-likeness (QED) is 0.619. The van der Waals surface area contributed by atoms with Crippen molar-refractivity contribution in [3.63, 3.8) is 0 Å². The molecule has 0 bridgehead atoms. The van der Waals surface area contributed by atoms with Crippen LogP contribution in [0.5, 0.6) is 0 Å². The fourth-order valence-electron chi connectivity index (χ4n) is 3.87. The van der Waals surface area contributed by atoms with Crippen molar-refractivity contribution in [1.29, 1.82) is 0 Å². The molecule has 2 heterocycles. The van der Waals surface area contributed by atoms with Crippen LogP contribution in [0.25, 0.3) is 0 Å². The first-order chi connectivity index (χ1) is 12.8. The maximum Gasteiger partial charge on any atom is 0.401 e. The number of fused-ring (bicyclic) bond motifs is 1. The molecule has 5 nitrogen and oxygen atoms in total. The van der Waals surface area contributed by atoms with Crippen molar-refractivity contribution in [2.45, 2.75) is 38.0 Å². The molecule has 1 atom stereocenters. The monoisotopic (exact) mass is 383 g/mol. The molecule has 8 heteroatoms. The number of nitrogens with zero attached hydrogens (tertiary/aromatic N) is 3. The molecule has 0 spiro atoms. The Morgan fingerprint density at radius 3 is 2.85 bits per heavy atom. The molecular formula is C19H28F3N5. The Balaban J connectivity index is 1.50. The summed E-state index contributed by atoms with van der Waals surface area (Å²) in [5, 5.41) is 6.52. The SMILES string of the molecule is CN=C(NCc1ccc2c(c1)CCCN2C)NC1CCN(CC(F)(F)F)C1. The average Bonchev–Trinajstić information content (AvgIpc) is 3.03. The normalized spacial score (nSPS) is 21.3. The minimum absolute atomic E-state index is 0.0178. The summed E-state index contributed by atoms with van der Waals surface area (Å²) in [6, 6.07) is 6.48. The van der Waals surface area contributed by atoms with Gasteiger partial charge in [-0.1, -0.05) is 12.1 Å². The molecule has 1 fully saturated rings. The molecule has 1 aromatic rings. The van der Waals surface area contributed by atoms with Crippen LogP contribution in [0.3, 0.4) is 0 Å². The Morgan fingerprint density at radius 1 is 1.30 bits per heavy atom. The van der Waals surface area contributed by atoms with Gasteiger partial charge >= 0.3 is 6.18 Å². The number of hydrogen-bond donors (Lipinski definition) is 2. The molecular weight excluding hydrogens is 355 g/mol. The second-order valence-corrected chi connectivity index (χ2v) is 7.39. The van der Waals surface area contributed by atoms with Crippen LogP contribution in [0, 0.1) is 0 Å². The van der Waals surface area contributed by atoms with E-state index in [2.05, 4.69) is 45.8 Å². The van der Waals surface area contributed by atoms with Gasteiger partial charge in [0.2, 0.25) is 0 Å². The van der Waals surface area contributed by atoms with Crippen molar-refractivity contribution in [1.82, 2.24) is 15.5 Å². The molecule has 0 radical (unpaired) electrons. The lowest BCUT2D eigenvalue weighted by atomic mass is 9.99. The first-order valence-electron chi connectivity index (χ1n) is 9.43. The van der Waals surface area contributed by atoms with Gasteiger partial charge in [-0.25, -0.2) is 0 Å². The largest absolute Gasteiger partial charge is 0.401 e.